The van der Waals surface area contributed by atoms with Crippen LogP contribution in [0.5, 0.6) is 5.75 Å². The third-order valence-electron chi connectivity index (χ3n) is 5.98. The largest absolute Gasteiger partial charge is 0.495 e. The second-order valence-electron chi connectivity index (χ2n) is 9.10. The van der Waals surface area contributed by atoms with Crippen molar-refractivity contribution in [2.45, 2.75) is 75.6 Å². The lowest BCUT2D eigenvalue weighted by molar-refractivity contribution is 0.121. The van der Waals surface area contributed by atoms with E-state index in [2.05, 4.69) is 49.8 Å². The van der Waals surface area contributed by atoms with E-state index in [1.54, 1.807) is 18.2 Å². The molecule has 7 heteroatoms. The molecule has 0 spiro atoms. The molecule has 0 aliphatic heterocycles. The van der Waals surface area contributed by atoms with E-state index in [0.29, 0.717) is 5.75 Å². The zero-order chi connectivity index (χ0) is 20.5. The van der Waals surface area contributed by atoms with E-state index in [1.165, 1.54) is 7.11 Å². The normalized spacial score (nSPS) is 21.9. The van der Waals surface area contributed by atoms with Crippen LogP contribution in [0.2, 0.25) is 18.1 Å². The first kappa shape index (κ1) is 22.9. The van der Waals surface area contributed by atoms with Gasteiger partial charge < -0.3 is 9.16 Å². The second kappa shape index (κ2) is 8.55. The maximum Gasteiger partial charge on any atom is 0.192 e. The van der Waals surface area contributed by atoms with Crippen molar-refractivity contribution in [1.82, 2.24) is 0 Å². The molecule has 0 saturated heterocycles. The number of hydrogen-bond donors (Lipinski definition) is 0. The van der Waals surface area contributed by atoms with E-state index in [1.807, 2.05) is 0 Å². The predicted octanol–water partition coefficient (Wildman–Crippen LogP) is 5.81. The fourth-order valence-corrected chi connectivity index (χ4v) is 7.14. The minimum atomic E-state index is -3.39. The molecule has 1 fully saturated rings. The van der Waals surface area contributed by atoms with Crippen molar-refractivity contribution >= 4 is 34.1 Å². The monoisotopic (exact) mass is 476 g/mol. The molecular formula is C20H33BrO4SSi. The molecule has 0 bridgehead atoms. The molecule has 1 aromatic carbocycles. The smallest absolute Gasteiger partial charge is 0.192 e. The maximum absolute atomic E-state index is 12.9. The van der Waals surface area contributed by atoms with Crippen LogP contribution in [0.25, 0.3) is 0 Å². The number of hydrogen-bond acceptors (Lipinski definition) is 4. The molecule has 0 aromatic heterocycles. The summed E-state index contributed by atoms with van der Waals surface area (Å²) in [7, 11) is -3.66. The van der Waals surface area contributed by atoms with Gasteiger partial charge in [0.15, 0.2) is 18.2 Å². The molecule has 1 aromatic rings. The Morgan fingerprint density at radius 3 is 2.26 bits per heavy atom. The van der Waals surface area contributed by atoms with Gasteiger partial charge in [-0.2, -0.15) is 0 Å². The van der Waals surface area contributed by atoms with Crippen LogP contribution in [0.1, 0.15) is 46.5 Å². The van der Waals surface area contributed by atoms with Gasteiger partial charge >= 0.3 is 0 Å². The van der Waals surface area contributed by atoms with E-state index < -0.39 is 18.2 Å². The molecule has 1 aliphatic carbocycles. The lowest BCUT2D eigenvalue weighted by atomic mass is 9.89. The molecule has 1 saturated carbocycles. The van der Waals surface area contributed by atoms with E-state index >= 15 is 0 Å². The van der Waals surface area contributed by atoms with Crippen molar-refractivity contribution in [3.8, 4) is 5.75 Å². The third kappa shape index (κ3) is 5.81. The maximum atomic E-state index is 12.9. The van der Waals surface area contributed by atoms with Crippen molar-refractivity contribution in [2.75, 3.05) is 12.9 Å². The fraction of sp³-hybridized carbons (Fsp3) is 0.700. The number of methoxy groups -OCH3 is 1. The van der Waals surface area contributed by atoms with Crippen molar-refractivity contribution in [2.24, 2.45) is 5.92 Å². The fourth-order valence-electron chi connectivity index (χ4n) is 3.30. The Hall–Kier alpha value is -0.373. The van der Waals surface area contributed by atoms with Gasteiger partial charge in [-0.25, -0.2) is 8.42 Å². The molecule has 0 unspecified atom stereocenters. The molecule has 0 N–H and O–H groups in total. The number of benzene rings is 1. The lowest BCUT2D eigenvalue weighted by Crippen LogP contribution is -2.44. The molecule has 0 amide bonds. The summed E-state index contributed by atoms with van der Waals surface area (Å²) in [6, 6.07) is 5.13. The summed E-state index contributed by atoms with van der Waals surface area (Å²) >= 11 is 3.36. The van der Waals surface area contributed by atoms with Gasteiger partial charge in [-0.3, -0.25) is 0 Å². The average molecular weight is 478 g/mol. The molecule has 0 radical (unpaired) electrons. The zero-order valence-corrected chi connectivity index (χ0v) is 20.7. The number of rotatable bonds is 6. The Bertz CT molecular complexity index is 748. The molecule has 1 aliphatic rings. The van der Waals surface area contributed by atoms with E-state index in [-0.39, 0.29) is 27.7 Å². The topological polar surface area (TPSA) is 52.6 Å². The van der Waals surface area contributed by atoms with Crippen molar-refractivity contribution in [1.29, 1.82) is 0 Å². The van der Waals surface area contributed by atoms with Gasteiger partial charge in [0, 0.05) is 10.6 Å². The van der Waals surface area contributed by atoms with E-state index in [9.17, 15) is 8.42 Å². The Kier molecular flexibility index (Phi) is 7.26. The van der Waals surface area contributed by atoms with Gasteiger partial charge in [-0.1, -0.05) is 36.7 Å². The highest BCUT2D eigenvalue weighted by atomic mass is 79.9. The summed E-state index contributed by atoms with van der Waals surface area (Å²) in [5.41, 5.74) is 0. The van der Waals surface area contributed by atoms with E-state index in [0.717, 1.165) is 30.2 Å². The van der Waals surface area contributed by atoms with Gasteiger partial charge in [0.05, 0.1) is 12.9 Å². The van der Waals surface area contributed by atoms with Crippen LogP contribution in [-0.4, -0.2) is 35.7 Å². The highest BCUT2D eigenvalue weighted by Gasteiger charge is 2.40. The summed E-state index contributed by atoms with van der Waals surface area (Å²) < 4.78 is 38.4. The molecule has 0 atom stereocenters. The Balaban J connectivity index is 2.00. The molecular weight excluding hydrogens is 444 g/mol. The first-order chi connectivity index (χ1) is 12.4. The lowest BCUT2D eigenvalue weighted by Gasteiger charge is -2.41. The quantitative estimate of drug-likeness (QED) is 0.485. The van der Waals surface area contributed by atoms with Crippen LogP contribution in [0.15, 0.2) is 27.6 Å². The first-order valence-corrected chi connectivity index (χ1v) is 15.0. The average Bonchev–Trinajstić information content (AvgIpc) is 2.55. The van der Waals surface area contributed by atoms with Crippen molar-refractivity contribution in [3.05, 3.63) is 22.7 Å². The van der Waals surface area contributed by atoms with Gasteiger partial charge in [0.1, 0.15) is 10.6 Å². The summed E-state index contributed by atoms with van der Waals surface area (Å²) in [6.07, 6.45) is 3.96. The number of sulfone groups is 1. The van der Waals surface area contributed by atoms with Gasteiger partial charge in [0.25, 0.3) is 0 Å². The van der Waals surface area contributed by atoms with Gasteiger partial charge in [-0.05, 0) is 67.9 Å². The molecule has 154 valence electrons. The Labute approximate surface area is 174 Å². The molecule has 2 rings (SSSR count). The van der Waals surface area contributed by atoms with Crippen LogP contribution in [-0.2, 0) is 14.3 Å². The molecule has 4 nitrogen and oxygen atoms in total. The Morgan fingerprint density at radius 2 is 1.74 bits per heavy atom. The molecule has 27 heavy (non-hydrogen) atoms. The molecule has 0 heterocycles. The SMILES string of the molecule is COc1ccc(Br)cc1S(=O)(=O)CC1CCC(O[Si](C)(C)C(C)(C)C)CC1. The number of halogens is 1. The van der Waals surface area contributed by atoms with Crippen LogP contribution in [0, 0.1) is 5.92 Å². The van der Waals surface area contributed by atoms with Crippen molar-refractivity contribution in [3.63, 3.8) is 0 Å². The minimum absolute atomic E-state index is 0.173. The van der Waals surface area contributed by atoms with Crippen LogP contribution in [0.3, 0.4) is 0 Å². The van der Waals surface area contributed by atoms with Crippen LogP contribution < -0.4 is 4.74 Å². The van der Waals surface area contributed by atoms with E-state index in [4.69, 9.17) is 9.16 Å². The second-order valence-corrected chi connectivity index (χ2v) is 16.8. The van der Waals surface area contributed by atoms with Crippen molar-refractivity contribution < 1.29 is 17.6 Å². The predicted molar refractivity (Wildman–Crippen MR) is 117 cm³/mol. The summed E-state index contributed by atoms with van der Waals surface area (Å²) in [5, 5.41) is 0.199. The standard InChI is InChI=1S/C20H33BrO4SSi/c1-20(2,3)27(5,6)25-17-10-7-15(8-11-17)14-26(22,23)19-13-16(21)9-12-18(19)24-4/h9,12-13,15,17H,7-8,10-11,14H2,1-6H3. The van der Waals surface area contributed by atoms with Gasteiger partial charge in [-0.15, -0.1) is 0 Å². The highest BCUT2D eigenvalue weighted by molar-refractivity contribution is 9.10. The third-order valence-corrected chi connectivity index (χ3v) is 12.9. The Morgan fingerprint density at radius 1 is 1.15 bits per heavy atom. The number of ether oxygens (including phenoxy) is 1. The summed E-state index contributed by atoms with van der Waals surface area (Å²) in [5.74, 6) is 0.762. The summed E-state index contributed by atoms with van der Waals surface area (Å²) in [6.45, 7) is 11.3. The van der Waals surface area contributed by atoms with Crippen LogP contribution >= 0.6 is 15.9 Å². The van der Waals surface area contributed by atoms with Gasteiger partial charge in [0.2, 0.25) is 0 Å². The summed E-state index contributed by atoms with van der Waals surface area (Å²) in [4.78, 5) is 0.277. The van der Waals surface area contributed by atoms with Crippen LogP contribution in [0.4, 0.5) is 0 Å². The zero-order valence-electron chi connectivity index (χ0n) is 17.3. The first-order valence-electron chi connectivity index (χ1n) is 9.60. The minimum Gasteiger partial charge on any atom is -0.495 e. The highest BCUT2D eigenvalue weighted by Crippen LogP contribution is 2.40.